The molecule has 0 aliphatic carbocycles. The van der Waals surface area contributed by atoms with Gasteiger partial charge in [0.1, 0.15) is 17.3 Å². The molecule has 0 spiro atoms. The summed E-state index contributed by atoms with van der Waals surface area (Å²) in [5.74, 6) is -1.81. The van der Waals surface area contributed by atoms with E-state index in [1.54, 1.807) is 4.90 Å². The van der Waals surface area contributed by atoms with Crippen LogP contribution in [-0.4, -0.2) is 29.9 Å². The molecular formula is C14H18F2N2O. The van der Waals surface area contributed by atoms with Crippen LogP contribution >= 0.6 is 0 Å². The average molecular weight is 268 g/mol. The quantitative estimate of drug-likeness (QED) is 0.894. The Morgan fingerprint density at radius 3 is 2.32 bits per heavy atom. The van der Waals surface area contributed by atoms with Gasteiger partial charge in [-0.2, -0.15) is 0 Å². The fourth-order valence-corrected chi connectivity index (χ4v) is 2.58. The van der Waals surface area contributed by atoms with E-state index in [2.05, 4.69) is 5.32 Å². The Morgan fingerprint density at radius 1 is 1.32 bits per heavy atom. The summed E-state index contributed by atoms with van der Waals surface area (Å²) in [6, 6.07) is 2.18. The van der Waals surface area contributed by atoms with Crippen molar-refractivity contribution in [1.29, 1.82) is 0 Å². The van der Waals surface area contributed by atoms with Crippen LogP contribution in [0.2, 0.25) is 0 Å². The Bertz CT molecular complexity index is 491. The van der Waals surface area contributed by atoms with Crippen LogP contribution in [0, 0.1) is 11.6 Å². The third-order valence-corrected chi connectivity index (χ3v) is 3.69. The van der Waals surface area contributed by atoms with Crippen molar-refractivity contribution in [2.45, 2.75) is 32.2 Å². The number of likely N-dealkylation sites (tertiary alicyclic amines) is 1. The summed E-state index contributed by atoms with van der Waals surface area (Å²) in [7, 11) is 1.44. The molecule has 1 aromatic carbocycles. The minimum Gasteiger partial charge on any atom is -0.383 e. The smallest absolute Gasteiger partial charge is 0.254 e. The van der Waals surface area contributed by atoms with Crippen LogP contribution in [0.1, 0.15) is 37.0 Å². The van der Waals surface area contributed by atoms with Gasteiger partial charge in [-0.05, 0) is 38.8 Å². The number of rotatable bonds is 2. The van der Waals surface area contributed by atoms with Gasteiger partial charge in [-0.3, -0.25) is 4.79 Å². The molecule has 0 radical (unpaired) electrons. The predicted octanol–water partition coefficient (Wildman–Crippen LogP) is 3.02. The molecule has 2 rings (SSSR count). The first-order valence-corrected chi connectivity index (χ1v) is 6.35. The second-order valence-corrected chi connectivity index (χ2v) is 5.44. The monoisotopic (exact) mass is 268 g/mol. The molecule has 0 bridgehead atoms. The number of anilines is 1. The molecule has 1 amide bonds. The SMILES string of the molecule is CNc1c(F)cc(C(=O)N2CCCC2(C)C)cc1F. The number of benzene rings is 1. The Morgan fingerprint density at radius 2 is 1.89 bits per heavy atom. The lowest BCUT2D eigenvalue weighted by molar-refractivity contribution is 0.0651. The zero-order valence-electron chi connectivity index (χ0n) is 11.4. The number of carbonyl (C=O) groups excluding carboxylic acids is 1. The largest absolute Gasteiger partial charge is 0.383 e. The van der Waals surface area contributed by atoms with Crippen LogP contribution in [0.15, 0.2) is 12.1 Å². The molecule has 1 aromatic rings. The number of halogens is 2. The van der Waals surface area contributed by atoms with E-state index in [0.29, 0.717) is 6.54 Å². The molecule has 0 aromatic heterocycles. The predicted molar refractivity (Wildman–Crippen MR) is 70.3 cm³/mol. The van der Waals surface area contributed by atoms with Crippen LogP contribution in [0.4, 0.5) is 14.5 Å². The third-order valence-electron chi connectivity index (χ3n) is 3.69. The van der Waals surface area contributed by atoms with E-state index in [-0.39, 0.29) is 22.7 Å². The maximum atomic E-state index is 13.7. The Labute approximate surface area is 111 Å². The summed E-state index contributed by atoms with van der Waals surface area (Å²) in [5.41, 5.74) is -0.410. The summed E-state index contributed by atoms with van der Waals surface area (Å²) < 4.78 is 27.4. The Hall–Kier alpha value is -1.65. The van der Waals surface area contributed by atoms with E-state index in [1.807, 2.05) is 13.8 Å². The van der Waals surface area contributed by atoms with Gasteiger partial charge in [0, 0.05) is 24.7 Å². The molecule has 0 atom stereocenters. The fraction of sp³-hybridized carbons (Fsp3) is 0.500. The van der Waals surface area contributed by atoms with Gasteiger partial charge in [0.15, 0.2) is 0 Å². The van der Waals surface area contributed by atoms with Crippen LogP contribution < -0.4 is 5.32 Å². The average Bonchev–Trinajstić information content (AvgIpc) is 2.67. The van der Waals surface area contributed by atoms with Crippen molar-refractivity contribution in [1.82, 2.24) is 4.90 Å². The van der Waals surface area contributed by atoms with Crippen LogP contribution in [0.5, 0.6) is 0 Å². The van der Waals surface area contributed by atoms with Crippen LogP contribution in [-0.2, 0) is 0 Å². The lowest BCUT2D eigenvalue weighted by Gasteiger charge is -2.31. The van der Waals surface area contributed by atoms with Gasteiger partial charge in [0.2, 0.25) is 0 Å². The van der Waals surface area contributed by atoms with E-state index in [1.165, 1.54) is 7.05 Å². The minimum absolute atomic E-state index is 0.0592. The lowest BCUT2D eigenvalue weighted by Crippen LogP contribution is -2.42. The van der Waals surface area contributed by atoms with Gasteiger partial charge >= 0.3 is 0 Å². The number of hydrogen-bond donors (Lipinski definition) is 1. The van der Waals surface area contributed by atoms with Gasteiger partial charge in [0.25, 0.3) is 5.91 Å². The second kappa shape index (κ2) is 4.79. The molecule has 5 heteroatoms. The Kier molecular flexibility index (Phi) is 3.47. The molecule has 0 unspecified atom stereocenters. The van der Waals surface area contributed by atoms with E-state index in [4.69, 9.17) is 0 Å². The highest BCUT2D eigenvalue weighted by Crippen LogP contribution is 2.30. The van der Waals surface area contributed by atoms with Crippen molar-refractivity contribution in [2.24, 2.45) is 0 Å². The summed E-state index contributed by atoms with van der Waals surface area (Å²) in [6.45, 7) is 4.56. The molecular weight excluding hydrogens is 250 g/mol. The van der Waals surface area contributed by atoms with Crippen molar-refractivity contribution in [3.8, 4) is 0 Å². The second-order valence-electron chi connectivity index (χ2n) is 5.44. The molecule has 104 valence electrons. The highest BCUT2D eigenvalue weighted by Gasteiger charge is 2.36. The van der Waals surface area contributed by atoms with Crippen LogP contribution in [0.3, 0.4) is 0 Å². The van der Waals surface area contributed by atoms with E-state index < -0.39 is 11.6 Å². The van der Waals surface area contributed by atoms with Gasteiger partial charge in [-0.1, -0.05) is 0 Å². The highest BCUT2D eigenvalue weighted by atomic mass is 19.1. The number of hydrogen-bond acceptors (Lipinski definition) is 2. The standard InChI is InChI=1S/C14H18F2N2O/c1-14(2)5-4-6-18(14)13(19)9-7-10(15)12(17-3)11(16)8-9/h7-8,17H,4-6H2,1-3H3. The number of amides is 1. The van der Waals surface area contributed by atoms with E-state index in [9.17, 15) is 13.6 Å². The summed E-state index contributed by atoms with van der Waals surface area (Å²) in [5, 5.41) is 2.44. The first-order valence-electron chi connectivity index (χ1n) is 6.35. The molecule has 1 aliphatic rings. The fourth-order valence-electron chi connectivity index (χ4n) is 2.58. The molecule has 0 saturated carbocycles. The van der Waals surface area contributed by atoms with Crippen LogP contribution in [0.25, 0.3) is 0 Å². The molecule has 3 nitrogen and oxygen atoms in total. The topological polar surface area (TPSA) is 32.3 Å². The summed E-state index contributed by atoms with van der Waals surface area (Å²) >= 11 is 0. The van der Waals surface area contributed by atoms with Gasteiger partial charge in [0.05, 0.1) is 0 Å². The molecule has 19 heavy (non-hydrogen) atoms. The minimum atomic E-state index is -0.747. The first kappa shape index (κ1) is 13.8. The molecule has 1 aliphatic heterocycles. The molecule has 1 N–H and O–H groups in total. The van der Waals surface area contributed by atoms with Crippen molar-refractivity contribution in [3.63, 3.8) is 0 Å². The number of nitrogens with one attached hydrogen (secondary N) is 1. The summed E-state index contributed by atoms with van der Waals surface area (Å²) in [6.07, 6.45) is 1.82. The summed E-state index contributed by atoms with van der Waals surface area (Å²) in [4.78, 5) is 14.0. The van der Waals surface area contributed by atoms with Crippen molar-refractivity contribution < 1.29 is 13.6 Å². The van der Waals surface area contributed by atoms with Crippen molar-refractivity contribution >= 4 is 11.6 Å². The maximum absolute atomic E-state index is 13.7. The molecule has 1 heterocycles. The lowest BCUT2D eigenvalue weighted by atomic mass is 10.0. The Balaban J connectivity index is 2.35. The maximum Gasteiger partial charge on any atom is 0.254 e. The highest BCUT2D eigenvalue weighted by molar-refractivity contribution is 5.95. The van der Waals surface area contributed by atoms with Crippen molar-refractivity contribution in [2.75, 3.05) is 18.9 Å². The number of carbonyl (C=O) groups is 1. The zero-order chi connectivity index (χ0) is 14.2. The van der Waals surface area contributed by atoms with E-state index >= 15 is 0 Å². The molecule has 1 saturated heterocycles. The van der Waals surface area contributed by atoms with Crippen molar-refractivity contribution in [3.05, 3.63) is 29.3 Å². The third kappa shape index (κ3) is 2.41. The first-order chi connectivity index (χ1) is 8.86. The van der Waals surface area contributed by atoms with Gasteiger partial charge in [-0.25, -0.2) is 8.78 Å². The normalized spacial score (nSPS) is 17.6. The number of nitrogens with zero attached hydrogens (tertiary/aromatic N) is 1. The van der Waals surface area contributed by atoms with Gasteiger partial charge in [-0.15, -0.1) is 0 Å². The zero-order valence-corrected chi connectivity index (χ0v) is 11.4. The van der Waals surface area contributed by atoms with Gasteiger partial charge < -0.3 is 10.2 Å². The van der Waals surface area contributed by atoms with E-state index in [0.717, 1.165) is 25.0 Å². The molecule has 1 fully saturated rings.